The van der Waals surface area contributed by atoms with Crippen LogP contribution in [0.4, 0.5) is 0 Å². The van der Waals surface area contributed by atoms with E-state index in [4.69, 9.17) is 0 Å². The third-order valence-electron chi connectivity index (χ3n) is 4.07. The standard InChI is InChI=1S/C20H21NO/c1-20(2,3)16-10-8-14(9-11-16)19-17-7-5-4-6-15(17)12-21-18(19)13-22/h4-12,22H,13H2,1-3H3. The molecule has 112 valence electrons. The lowest BCUT2D eigenvalue weighted by Gasteiger charge is -2.19. The molecular formula is C20H21NO. The molecule has 3 aromatic rings. The number of nitrogens with zero attached hydrogens (tertiary/aromatic N) is 1. The zero-order chi connectivity index (χ0) is 15.7. The van der Waals surface area contributed by atoms with Gasteiger partial charge in [-0.3, -0.25) is 4.98 Å². The maximum Gasteiger partial charge on any atom is 0.0859 e. The van der Waals surface area contributed by atoms with Crippen molar-refractivity contribution in [3.05, 3.63) is 66.0 Å². The first-order chi connectivity index (χ1) is 10.5. The van der Waals surface area contributed by atoms with E-state index in [9.17, 15) is 5.11 Å². The van der Waals surface area contributed by atoms with Gasteiger partial charge in [-0.15, -0.1) is 0 Å². The third kappa shape index (κ3) is 2.62. The van der Waals surface area contributed by atoms with Crippen LogP contribution in [0.1, 0.15) is 32.0 Å². The van der Waals surface area contributed by atoms with Crippen LogP contribution < -0.4 is 0 Å². The summed E-state index contributed by atoms with van der Waals surface area (Å²) < 4.78 is 0. The summed E-state index contributed by atoms with van der Waals surface area (Å²) in [4.78, 5) is 4.42. The molecule has 0 saturated carbocycles. The van der Waals surface area contributed by atoms with Gasteiger partial charge in [-0.1, -0.05) is 69.3 Å². The summed E-state index contributed by atoms with van der Waals surface area (Å²) in [6.07, 6.45) is 1.83. The summed E-state index contributed by atoms with van der Waals surface area (Å²) in [5.74, 6) is 0. The molecule has 0 unspecified atom stereocenters. The molecule has 0 atom stereocenters. The Balaban J connectivity index is 2.20. The summed E-state index contributed by atoms with van der Waals surface area (Å²) in [5.41, 5.74) is 4.29. The van der Waals surface area contributed by atoms with Gasteiger partial charge in [0.1, 0.15) is 0 Å². The predicted octanol–water partition coefficient (Wildman–Crippen LogP) is 4.69. The van der Waals surface area contributed by atoms with Crippen LogP contribution in [0.15, 0.2) is 54.7 Å². The van der Waals surface area contributed by atoms with Gasteiger partial charge in [0.15, 0.2) is 0 Å². The Kier molecular flexibility index (Phi) is 3.71. The van der Waals surface area contributed by atoms with E-state index in [0.717, 1.165) is 27.6 Å². The molecule has 0 aliphatic carbocycles. The van der Waals surface area contributed by atoms with Crippen LogP contribution in [0.2, 0.25) is 0 Å². The van der Waals surface area contributed by atoms with E-state index in [1.54, 1.807) is 0 Å². The summed E-state index contributed by atoms with van der Waals surface area (Å²) in [6, 6.07) is 16.8. The monoisotopic (exact) mass is 291 g/mol. The first-order valence-corrected chi connectivity index (χ1v) is 7.59. The molecule has 1 heterocycles. The normalized spacial score (nSPS) is 11.8. The highest BCUT2D eigenvalue weighted by atomic mass is 16.3. The number of aromatic nitrogens is 1. The third-order valence-corrected chi connectivity index (χ3v) is 4.07. The number of pyridine rings is 1. The van der Waals surface area contributed by atoms with Gasteiger partial charge < -0.3 is 5.11 Å². The molecule has 0 amide bonds. The van der Waals surface area contributed by atoms with E-state index in [-0.39, 0.29) is 12.0 Å². The van der Waals surface area contributed by atoms with Crippen molar-refractivity contribution in [2.24, 2.45) is 0 Å². The van der Waals surface area contributed by atoms with Crippen molar-refractivity contribution in [2.45, 2.75) is 32.8 Å². The average Bonchev–Trinajstić information content (AvgIpc) is 2.53. The number of fused-ring (bicyclic) bond motifs is 1. The summed E-state index contributed by atoms with van der Waals surface area (Å²) in [7, 11) is 0. The molecule has 0 aliphatic rings. The van der Waals surface area contributed by atoms with Crippen molar-refractivity contribution in [1.29, 1.82) is 0 Å². The van der Waals surface area contributed by atoms with Gasteiger partial charge in [0.05, 0.1) is 12.3 Å². The van der Waals surface area contributed by atoms with Crippen LogP contribution in [0.5, 0.6) is 0 Å². The largest absolute Gasteiger partial charge is 0.390 e. The van der Waals surface area contributed by atoms with Crippen LogP contribution in [0.3, 0.4) is 0 Å². The van der Waals surface area contributed by atoms with Crippen LogP contribution in [-0.2, 0) is 12.0 Å². The van der Waals surface area contributed by atoms with Crippen LogP contribution in [-0.4, -0.2) is 10.1 Å². The Morgan fingerprint density at radius 1 is 0.955 bits per heavy atom. The Labute approximate surface area is 131 Å². The zero-order valence-corrected chi connectivity index (χ0v) is 13.3. The molecular weight excluding hydrogens is 270 g/mol. The first-order valence-electron chi connectivity index (χ1n) is 7.59. The number of benzene rings is 2. The fraction of sp³-hybridized carbons (Fsp3) is 0.250. The van der Waals surface area contributed by atoms with Gasteiger partial charge in [-0.25, -0.2) is 0 Å². The number of hydrogen-bond acceptors (Lipinski definition) is 2. The van der Waals surface area contributed by atoms with E-state index in [1.807, 2.05) is 18.3 Å². The first kappa shape index (κ1) is 14.7. The van der Waals surface area contributed by atoms with Gasteiger partial charge in [-0.2, -0.15) is 0 Å². The molecule has 0 saturated heterocycles. The molecule has 0 radical (unpaired) electrons. The SMILES string of the molecule is CC(C)(C)c1ccc(-c2c(CO)ncc3ccccc23)cc1. The molecule has 2 heteroatoms. The Hall–Kier alpha value is -2.19. The molecule has 0 bridgehead atoms. The highest BCUT2D eigenvalue weighted by Gasteiger charge is 2.15. The van der Waals surface area contributed by atoms with Gasteiger partial charge in [-0.05, 0) is 21.9 Å². The summed E-state index contributed by atoms with van der Waals surface area (Å²) in [6.45, 7) is 6.57. The second-order valence-electron chi connectivity index (χ2n) is 6.65. The minimum absolute atomic E-state index is 0.0544. The molecule has 22 heavy (non-hydrogen) atoms. The van der Waals surface area contributed by atoms with Gasteiger partial charge in [0.2, 0.25) is 0 Å². The second kappa shape index (κ2) is 5.54. The molecule has 3 rings (SSSR count). The smallest absolute Gasteiger partial charge is 0.0859 e. The summed E-state index contributed by atoms with van der Waals surface area (Å²) in [5, 5.41) is 11.9. The topological polar surface area (TPSA) is 33.1 Å². The van der Waals surface area contributed by atoms with Crippen molar-refractivity contribution >= 4 is 10.8 Å². The Morgan fingerprint density at radius 3 is 2.27 bits per heavy atom. The highest BCUT2D eigenvalue weighted by Crippen LogP contribution is 2.32. The Bertz CT molecular complexity index is 798. The molecule has 1 N–H and O–H groups in total. The lowest BCUT2D eigenvalue weighted by molar-refractivity contribution is 0.277. The molecule has 0 fully saturated rings. The number of aliphatic hydroxyl groups excluding tert-OH is 1. The van der Waals surface area contributed by atoms with Gasteiger partial charge in [0, 0.05) is 17.1 Å². The second-order valence-corrected chi connectivity index (χ2v) is 6.65. The molecule has 0 aliphatic heterocycles. The quantitative estimate of drug-likeness (QED) is 0.743. The number of hydrogen-bond donors (Lipinski definition) is 1. The fourth-order valence-corrected chi connectivity index (χ4v) is 2.78. The zero-order valence-electron chi connectivity index (χ0n) is 13.3. The van der Waals surface area contributed by atoms with E-state index in [0.29, 0.717) is 0 Å². The molecule has 0 spiro atoms. The van der Waals surface area contributed by atoms with Crippen molar-refractivity contribution in [2.75, 3.05) is 0 Å². The lowest BCUT2D eigenvalue weighted by Crippen LogP contribution is -2.10. The predicted molar refractivity (Wildman–Crippen MR) is 91.8 cm³/mol. The highest BCUT2D eigenvalue weighted by molar-refractivity contribution is 5.97. The maximum absolute atomic E-state index is 9.66. The summed E-state index contributed by atoms with van der Waals surface area (Å²) >= 11 is 0. The van der Waals surface area contributed by atoms with Crippen LogP contribution in [0.25, 0.3) is 21.9 Å². The van der Waals surface area contributed by atoms with Crippen molar-refractivity contribution in [3.8, 4) is 11.1 Å². The molecule has 2 nitrogen and oxygen atoms in total. The van der Waals surface area contributed by atoms with Crippen LogP contribution >= 0.6 is 0 Å². The minimum Gasteiger partial charge on any atom is -0.390 e. The fourth-order valence-electron chi connectivity index (χ4n) is 2.78. The Morgan fingerprint density at radius 2 is 1.64 bits per heavy atom. The minimum atomic E-state index is -0.0544. The van der Waals surface area contributed by atoms with E-state index in [1.165, 1.54) is 5.56 Å². The maximum atomic E-state index is 9.66. The van der Waals surface area contributed by atoms with Gasteiger partial charge in [0.25, 0.3) is 0 Å². The molecule has 1 aromatic heterocycles. The van der Waals surface area contributed by atoms with Crippen molar-refractivity contribution in [3.63, 3.8) is 0 Å². The van der Waals surface area contributed by atoms with Crippen molar-refractivity contribution < 1.29 is 5.11 Å². The number of rotatable bonds is 2. The van der Waals surface area contributed by atoms with E-state index >= 15 is 0 Å². The molecule has 2 aromatic carbocycles. The average molecular weight is 291 g/mol. The number of aliphatic hydroxyl groups is 1. The van der Waals surface area contributed by atoms with Gasteiger partial charge >= 0.3 is 0 Å². The van der Waals surface area contributed by atoms with Crippen molar-refractivity contribution in [1.82, 2.24) is 4.98 Å². The van der Waals surface area contributed by atoms with E-state index in [2.05, 4.69) is 62.2 Å². The van der Waals surface area contributed by atoms with E-state index < -0.39 is 0 Å². The van der Waals surface area contributed by atoms with Crippen LogP contribution in [0, 0.1) is 0 Å². The lowest BCUT2D eigenvalue weighted by atomic mass is 9.86.